The number of nitrogens with zero attached hydrogens (tertiary/aromatic N) is 4. The predicted molar refractivity (Wildman–Crippen MR) is 87.7 cm³/mol. The van der Waals surface area contributed by atoms with Crippen molar-refractivity contribution in [2.24, 2.45) is 0 Å². The van der Waals surface area contributed by atoms with Crippen LogP contribution < -0.4 is 4.74 Å². The summed E-state index contributed by atoms with van der Waals surface area (Å²) in [5, 5.41) is 0. The van der Waals surface area contributed by atoms with E-state index in [9.17, 15) is 4.79 Å². The van der Waals surface area contributed by atoms with Crippen molar-refractivity contribution >= 4 is 16.9 Å². The third kappa shape index (κ3) is 2.92. The number of benzene rings is 1. The Balaban J connectivity index is 1.39. The summed E-state index contributed by atoms with van der Waals surface area (Å²) in [5.41, 5.74) is 2.42. The van der Waals surface area contributed by atoms with E-state index >= 15 is 0 Å². The van der Waals surface area contributed by atoms with E-state index in [2.05, 4.69) is 19.9 Å². The van der Waals surface area contributed by atoms with Crippen molar-refractivity contribution < 1.29 is 9.53 Å². The van der Waals surface area contributed by atoms with Crippen LogP contribution in [0, 0.1) is 0 Å². The van der Waals surface area contributed by atoms with Gasteiger partial charge in [-0.2, -0.15) is 0 Å². The van der Waals surface area contributed by atoms with Crippen molar-refractivity contribution in [3.8, 4) is 5.88 Å². The molecule has 0 unspecified atom stereocenters. The summed E-state index contributed by atoms with van der Waals surface area (Å²) in [7, 11) is 0. The van der Waals surface area contributed by atoms with Crippen molar-refractivity contribution in [3.05, 3.63) is 48.7 Å². The topological polar surface area (TPSA) is 84.0 Å². The second-order valence-electron chi connectivity index (χ2n) is 5.79. The van der Waals surface area contributed by atoms with E-state index in [1.807, 2.05) is 23.1 Å². The zero-order valence-corrected chi connectivity index (χ0v) is 13.1. The Morgan fingerprint density at radius 2 is 2.08 bits per heavy atom. The lowest BCUT2D eigenvalue weighted by Gasteiger charge is -2.32. The molecule has 1 N–H and O–H groups in total. The standard InChI is InChI=1S/C17H17N5O2/c23-17(12-1-2-14-15(9-12)20-11-19-14)22-7-4-13(5-8-22)24-16-3-6-18-10-21-16/h1-3,6,9-11,13H,4-5,7-8H2,(H,19,20). The van der Waals surface area contributed by atoms with Gasteiger partial charge in [0.15, 0.2) is 0 Å². The van der Waals surface area contributed by atoms with Gasteiger partial charge in [0.05, 0.1) is 17.4 Å². The number of likely N-dealkylation sites (tertiary alicyclic amines) is 1. The molecule has 2 aromatic heterocycles. The van der Waals surface area contributed by atoms with Crippen molar-refractivity contribution in [1.82, 2.24) is 24.8 Å². The van der Waals surface area contributed by atoms with Gasteiger partial charge in [-0.05, 0) is 18.2 Å². The Morgan fingerprint density at radius 1 is 1.21 bits per heavy atom. The van der Waals surface area contributed by atoms with Crippen molar-refractivity contribution in [2.75, 3.05) is 13.1 Å². The summed E-state index contributed by atoms with van der Waals surface area (Å²) in [6.07, 6.45) is 6.43. The van der Waals surface area contributed by atoms with Crippen LogP contribution in [0.5, 0.6) is 5.88 Å². The molecule has 0 radical (unpaired) electrons. The Hall–Kier alpha value is -2.96. The maximum absolute atomic E-state index is 12.7. The van der Waals surface area contributed by atoms with Crippen LogP contribution in [0.2, 0.25) is 0 Å². The first-order valence-corrected chi connectivity index (χ1v) is 7.95. The maximum atomic E-state index is 12.7. The lowest BCUT2D eigenvalue weighted by Crippen LogP contribution is -2.41. The fourth-order valence-electron chi connectivity index (χ4n) is 2.95. The van der Waals surface area contributed by atoms with E-state index in [4.69, 9.17) is 4.74 Å². The number of nitrogens with one attached hydrogen (secondary N) is 1. The number of hydrogen-bond acceptors (Lipinski definition) is 5. The Morgan fingerprint density at radius 3 is 2.88 bits per heavy atom. The normalized spacial score (nSPS) is 15.6. The number of aromatic amines is 1. The highest BCUT2D eigenvalue weighted by Gasteiger charge is 2.25. The molecule has 0 aliphatic carbocycles. The van der Waals surface area contributed by atoms with E-state index < -0.39 is 0 Å². The van der Waals surface area contributed by atoms with E-state index in [1.165, 1.54) is 6.33 Å². The van der Waals surface area contributed by atoms with Crippen LogP contribution in [-0.2, 0) is 0 Å². The highest BCUT2D eigenvalue weighted by Crippen LogP contribution is 2.19. The number of aromatic nitrogens is 4. The molecule has 24 heavy (non-hydrogen) atoms. The average molecular weight is 323 g/mol. The van der Waals surface area contributed by atoms with E-state index in [0.29, 0.717) is 24.5 Å². The summed E-state index contributed by atoms with van der Waals surface area (Å²) in [4.78, 5) is 29.7. The minimum absolute atomic E-state index is 0.0481. The molecule has 7 heteroatoms. The molecule has 0 atom stereocenters. The highest BCUT2D eigenvalue weighted by molar-refractivity contribution is 5.97. The molecule has 0 spiro atoms. The maximum Gasteiger partial charge on any atom is 0.253 e. The lowest BCUT2D eigenvalue weighted by atomic mass is 10.1. The molecule has 1 saturated heterocycles. The third-order valence-corrected chi connectivity index (χ3v) is 4.24. The molecule has 4 rings (SSSR count). The molecule has 1 aromatic carbocycles. The molecular formula is C17H17N5O2. The van der Waals surface area contributed by atoms with Gasteiger partial charge < -0.3 is 14.6 Å². The largest absolute Gasteiger partial charge is 0.474 e. The number of rotatable bonds is 3. The number of piperidine rings is 1. The molecule has 1 aliphatic rings. The Kier molecular flexibility index (Phi) is 3.82. The molecule has 3 aromatic rings. The number of carbonyl (C=O) groups is 1. The van der Waals surface area contributed by atoms with Crippen LogP contribution in [0.25, 0.3) is 11.0 Å². The molecule has 1 fully saturated rings. The number of amides is 1. The number of ether oxygens (including phenoxy) is 1. The monoisotopic (exact) mass is 323 g/mol. The summed E-state index contributed by atoms with van der Waals surface area (Å²) >= 11 is 0. The number of hydrogen-bond donors (Lipinski definition) is 1. The van der Waals surface area contributed by atoms with E-state index in [0.717, 1.165) is 23.9 Å². The zero-order chi connectivity index (χ0) is 16.4. The van der Waals surface area contributed by atoms with Crippen LogP contribution in [0.1, 0.15) is 23.2 Å². The van der Waals surface area contributed by atoms with Crippen LogP contribution in [0.15, 0.2) is 43.1 Å². The summed E-state index contributed by atoms with van der Waals surface area (Å²) in [5.74, 6) is 0.631. The first kappa shape index (κ1) is 14.6. The average Bonchev–Trinajstić information content (AvgIpc) is 3.10. The van der Waals surface area contributed by atoms with Crippen LogP contribution in [0.3, 0.4) is 0 Å². The zero-order valence-electron chi connectivity index (χ0n) is 13.1. The summed E-state index contributed by atoms with van der Waals surface area (Å²) < 4.78 is 5.83. The molecule has 1 amide bonds. The fourth-order valence-corrected chi connectivity index (χ4v) is 2.95. The molecule has 1 aliphatic heterocycles. The number of carbonyl (C=O) groups excluding carboxylic acids is 1. The van der Waals surface area contributed by atoms with Gasteiger partial charge in [0.2, 0.25) is 5.88 Å². The quantitative estimate of drug-likeness (QED) is 0.797. The molecule has 0 saturated carbocycles. The summed E-state index contributed by atoms with van der Waals surface area (Å²) in [6.45, 7) is 1.35. The smallest absolute Gasteiger partial charge is 0.253 e. The third-order valence-electron chi connectivity index (χ3n) is 4.24. The number of fused-ring (bicyclic) bond motifs is 1. The highest BCUT2D eigenvalue weighted by atomic mass is 16.5. The van der Waals surface area contributed by atoms with Crippen LogP contribution in [0.4, 0.5) is 0 Å². The van der Waals surface area contributed by atoms with Crippen LogP contribution >= 0.6 is 0 Å². The first-order valence-electron chi connectivity index (χ1n) is 7.95. The fraction of sp³-hybridized carbons (Fsp3) is 0.294. The second kappa shape index (κ2) is 6.27. The van der Waals surface area contributed by atoms with Gasteiger partial charge in [-0.25, -0.2) is 15.0 Å². The first-order chi connectivity index (χ1) is 11.8. The van der Waals surface area contributed by atoms with Gasteiger partial charge in [-0.1, -0.05) is 0 Å². The molecular weight excluding hydrogens is 306 g/mol. The Labute approximate surface area is 138 Å². The summed E-state index contributed by atoms with van der Waals surface area (Å²) in [6, 6.07) is 7.30. The van der Waals surface area contributed by atoms with Crippen molar-refractivity contribution in [2.45, 2.75) is 18.9 Å². The van der Waals surface area contributed by atoms with Gasteiger partial charge in [0.1, 0.15) is 12.4 Å². The molecule has 122 valence electrons. The predicted octanol–water partition coefficient (Wildman–Crippen LogP) is 2.04. The van der Waals surface area contributed by atoms with E-state index in [-0.39, 0.29) is 12.0 Å². The van der Waals surface area contributed by atoms with Gasteiger partial charge in [0, 0.05) is 43.8 Å². The van der Waals surface area contributed by atoms with Crippen molar-refractivity contribution in [1.29, 1.82) is 0 Å². The molecule has 3 heterocycles. The molecule has 0 bridgehead atoms. The number of imidazole rings is 1. The van der Waals surface area contributed by atoms with Crippen LogP contribution in [-0.4, -0.2) is 49.9 Å². The van der Waals surface area contributed by atoms with E-state index in [1.54, 1.807) is 18.6 Å². The van der Waals surface area contributed by atoms with Gasteiger partial charge in [0.25, 0.3) is 5.91 Å². The van der Waals surface area contributed by atoms with Gasteiger partial charge >= 0.3 is 0 Å². The van der Waals surface area contributed by atoms with Gasteiger partial charge in [-0.15, -0.1) is 0 Å². The SMILES string of the molecule is O=C(c1ccc2nc[nH]c2c1)N1CCC(Oc2ccncn2)CC1. The van der Waals surface area contributed by atoms with Crippen molar-refractivity contribution in [3.63, 3.8) is 0 Å². The minimum Gasteiger partial charge on any atom is -0.474 e. The second-order valence-corrected chi connectivity index (χ2v) is 5.79. The molecule has 7 nitrogen and oxygen atoms in total. The Bertz CT molecular complexity index is 840. The lowest BCUT2D eigenvalue weighted by molar-refractivity contribution is 0.0588. The minimum atomic E-state index is 0.0481. The number of H-pyrrole nitrogens is 1. The van der Waals surface area contributed by atoms with Gasteiger partial charge in [-0.3, -0.25) is 4.79 Å².